The molecule has 1 aromatic carbocycles. The van der Waals surface area contributed by atoms with Crippen LogP contribution in [-0.2, 0) is 28.7 Å². The molecule has 1 aromatic rings. The van der Waals surface area contributed by atoms with Gasteiger partial charge in [-0.05, 0) is 51.5 Å². The first-order valence-corrected chi connectivity index (χ1v) is 16.0. The van der Waals surface area contributed by atoms with E-state index in [1.54, 1.807) is 17.1 Å². The normalized spacial score (nSPS) is 26.7. The molecule has 2 N–H and O–H groups in total. The minimum atomic E-state index is -1.22. The van der Waals surface area contributed by atoms with Crippen molar-refractivity contribution in [2.24, 2.45) is 17.8 Å². The van der Waals surface area contributed by atoms with Crippen molar-refractivity contribution in [1.29, 1.82) is 0 Å². The smallest absolute Gasteiger partial charge is 0.306 e. The van der Waals surface area contributed by atoms with Crippen molar-refractivity contribution in [3.05, 3.63) is 61.2 Å². The van der Waals surface area contributed by atoms with Crippen molar-refractivity contribution in [2.45, 2.75) is 95.7 Å². The summed E-state index contributed by atoms with van der Waals surface area (Å²) in [6.45, 7) is 16.9. The lowest BCUT2D eigenvalue weighted by Crippen LogP contribution is -2.62. The van der Waals surface area contributed by atoms with Crippen LogP contribution >= 0.6 is 0 Å². The molecule has 0 saturated carbocycles. The maximum absolute atomic E-state index is 14.5. The molecule has 0 unspecified atom stereocenters. The van der Waals surface area contributed by atoms with Gasteiger partial charge in [-0.3, -0.25) is 19.2 Å². The second-order valence-electron chi connectivity index (χ2n) is 13.7. The molecule has 0 aromatic heterocycles. The molecule has 4 rings (SSSR count). The minimum absolute atomic E-state index is 0.0804. The second kappa shape index (κ2) is 13.9. The van der Waals surface area contributed by atoms with Gasteiger partial charge in [-0.2, -0.15) is 0 Å². The van der Waals surface area contributed by atoms with Crippen LogP contribution in [0.2, 0.25) is 0 Å². The standard InChI is InChI=1S/C35H49N3O7/c1-8-10-16-27(40)44-21-24(23-14-12-11-13-15-23)36-31(41)28-26-17-18-35(45-26)29(28)32(42)38(25(20-39)22(3)4)30(35)33(43)37(19-9-2)34(5,6)7/h8-9,11-15,22,24-26,28-30,39H,1-2,10,16-21H2,3-7H3,(H,36,41)/t24-,25+,26+,28-,29-,30+,35-/m1/s1. The van der Waals surface area contributed by atoms with Gasteiger partial charge >= 0.3 is 5.97 Å². The number of carbonyl (C=O) groups is 4. The Bertz CT molecular complexity index is 1280. The molecule has 246 valence electrons. The van der Waals surface area contributed by atoms with Gasteiger partial charge in [-0.25, -0.2) is 0 Å². The first kappa shape index (κ1) is 34.4. The van der Waals surface area contributed by atoms with Gasteiger partial charge in [0.15, 0.2) is 0 Å². The summed E-state index contributed by atoms with van der Waals surface area (Å²) in [6.07, 6.45) is 4.35. The van der Waals surface area contributed by atoms with Crippen molar-refractivity contribution < 1.29 is 33.8 Å². The number of amides is 3. The maximum Gasteiger partial charge on any atom is 0.306 e. The van der Waals surface area contributed by atoms with E-state index in [-0.39, 0.29) is 43.9 Å². The van der Waals surface area contributed by atoms with Gasteiger partial charge in [-0.15, -0.1) is 13.2 Å². The average molecular weight is 624 g/mol. The van der Waals surface area contributed by atoms with E-state index in [4.69, 9.17) is 9.47 Å². The van der Waals surface area contributed by atoms with Gasteiger partial charge in [0, 0.05) is 18.5 Å². The lowest BCUT2D eigenvalue weighted by Gasteiger charge is -2.44. The Labute approximate surface area is 266 Å². The number of allylic oxidation sites excluding steroid dienone is 1. The van der Waals surface area contributed by atoms with Crippen molar-refractivity contribution >= 4 is 23.7 Å². The van der Waals surface area contributed by atoms with Crippen LogP contribution in [0.5, 0.6) is 0 Å². The van der Waals surface area contributed by atoms with E-state index < -0.39 is 59.1 Å². The SMILES string of the molecule is C=CCCC(=O)OC[C@@H](NC(=O)[C@@H]1[C@@H]2CC[C@]3(O2)[C@H](C(=O)N(CC=C)C(C)(C)C)N([C@@H](CO)C(C)C)C(=O)[C@@H]13)c1ccccc1. The van der Waals surface area contributed by atoms with Gasteiger partial charge in [-0.1, -0.05) is 56.3 Å². The van der Waals surface area contributed by atoms with Crippen LogP contribution in [0.4, 0.5) is 0 Å². The van der Waals surface area contributed by atoms with Crippen LogP contribution in [0.25, 0.3) is 0 Å². The maximum atomic E-state index is 14.5. The molecule has 10 nitrogen and oxygen atoms in total. The van der Waals surface area contributed by atoms with E-state index >= 15 is 0 Å². The summed E-state index contributed by atoms with van der Waals surface area (Å²) in [7, 11) is 0. The van der Waals surface area contributed by atoms with Crippen LogP contribution in [0.1, 0.15) is 71.9 Å². The Morgan fingerprint density at radius 1 is 1.20 bits per heavy atom. The number of aliphatic hydroxyl groups excluding tert-OH is 1. The van der Waals surface area contributed by atoms with Crippen molar-refractivity contribution in [3.8, 4) is 0 Å². The third-order valence-corrected chi connectivity index (χ3v) is 9.46. The first-order valence-electron chi connectivity index (χ1n) is 16.0. The molecule has 3 aliphatic heterocycles. The third kappa shape index (κ3) is 6.58. The van der Waals surface area contributed by atoms with Gasteiger partial charge in [0.25, 0.3) is 0 Å². The van der Waals surface area contributed by atoms with E-state index in [1.165, 1.54) is 4.90 Å². The predicted molar refractivity (Wildman–Crippen MR) is 170 cm³/mol. The summed E-state index contributed by atoms with van der Waals surface area (Å²) >= 11 is 0. The molecule has 3 fully saturated rings. The zero-order valence-corrected chi connectivity index (χ0v) is 27.2. The van der Waals surface area contributed by atoms with Gasteiger partial charge in [0.05, 0.1) is 36.6 Å². The second-order valence-corrected chi connectivity index (χ2v) is 13.7. The number of esters is 1. The number of hydrogen-bond donors (Lipinski definition) is 2. The molecule has 3 heterocycles. The quantitative estimate of drug-likeness (QED) is 0.240. The number of benzene rings is 1. The lowest BCUT2D eigenvalue weighted by atomic mass is 9.70. The summed E-state index contributed by atoms with van der Waals surface area (Å²) in [5, 5.41) is 13.5. The molecular weight excluding hydrogens is 574 g/mol. The molecule has 3 amide bonds. The van der Waals surface area contributed by atoms with Gasteiger partial charge in [0.1, 0.15) is 18.2 Å². The summed E-state index contributed by atoms with van der Waals surface area (Å²) in [6, 6.07) is 6.90. The van der Waals surface area contributed by atoms with Crippen molar-refractivity contribution in [2.75, 3.05) is 19.8 Å². The average Bonchev–Trinajstić information content (AvgIpc) is 3.64. The Morgan fingerprint density at radius 2 is 1.89 bits per heavy atom. The zero-order chi connectivity index (χ0) is 33.1. The Kier molecular flexibility index (Phi) is 10.6. The number of aliphatic hydroxyl groups is 1. The number of ether oxygens (including phenoxy) is 2. The fourth-order valence-corrected chi connectivity index (χ4v) is 7.26. The van der Waals surface area contributed by atoms with Crippen LogP contribution < -0.4 is 5.32 Å². The van der Waals surface area contributed by atoms with Crippen LogP contribution in [0.3, 0.4) is 0 Å². The fourth-order valence-electron chi connectivity index (χ4n) is 7.26. The van der Waals surface area contributed by atoms with Gasteiger partial charge in [0.2, 0.25) is 17.7 Å². The molecule has 45 heavy (non-hydrogen) atoms. The molecule has 0 aliphatic carbocycles. The number of hydrogen-bond acceptors (Lipinski definition) is 7. The molecular formula is C35H49N3O7. The Morgan fingerprint density at radius 3 is 2.47 bits per heavy atom. The zero-order valence-electron chi connectivity index (χ0n) is 27.2. The Balaban J connectivity index is 1.69. The molecule has 2 bridgehead atoms. The van der Waals surface area contributed by atoms with E-state index in [0.29, 0.717) is 19.3 Å². The topological polar surface area (TPSA) is 125 Å². The summed E-state index contributed by atoms with van der Waals surface area (Å²) in [5.41, 5.74) is -1.05. The molecule has 0 radical (unpaired) electrons. The van der Waals surface area contributed by atoms with Crippen LogP contribution in [-0.4, -0.2) is 87.7 Å². The third-order valence-electron chi connectivity index (χ3n) is 9.46. The largest absolute Gasteiger partial charge is 0.463 e. The highest BCUT2D eigenvalue weighted by atomic mass is 16.5. The monoisotopic (exact) mass is 623 g/mol. The van der Waals surface area contributed by atoms with E-state index in [9.17, 15) is 24.3 Å². The van der Waals surface area contributed by atoms with Gasteiger partial charge < -0.3 is 29.7 Å². The predicted octanol–water partition coefficient (Wildman–Crippen LogP) is 3.56. The number of rotatable bonds is 14. The number of likely N-dealkylation sites (tertiary alicyclic amines) is 1. The molecule has 3 aliphatic rings. The highest BCUT2D eigenvalue weighted by Crippen LogP contribution is 2.59. The number of carbonyl (C=O) groups excluding carboxylic acids is 4. The summed E-state index contributed by atoms with van der Waals surface area (Å²) in [5.74, 6) is -3.36. The first-order chi connectivity index (χ1) is 21.3. The van der Waals surface area contributed by atoms with Crippen LogP contribution in [0, 0.1) is 17.8 Å². The lowest BCUT2D eigenvalue weighted by molar-refractivity contribution is -0.155. The molecule has 3 saturated heterocycles. The highest BCUT2D eigenvalue weighted by molar-refractivity contribution is 5.99. The Hall–Kier alpha value is -3.50. The van der Waals surface area contributed by atoms with Crippen molar-refractivity contribution in [1.82, 2.24) is 15.1 Å². The van der Waals surface area contributed by atoms with E-state index in [2.05, 4.69) is 18.5 Å². The number of nitrogens with zero attached hydrogens (tertiary/aromatic N) is 2. The van der Waals surface area contributed by atoms with E-state index in [0.717, 1.165) is 5.56 Å². The molecule has 10 heteroatoms. The highest BCUT2D eigenvalue weighted by Gasteiger charge is 2.75. The number of nitrogens with one attached hydrogen (secondary N) is 1. The van der Waals surface area contributed by atoms with Crippen molar-refractivity contribution in [3.63, 3.8) is 0 Å². The van der Waals surface area contributed by atoms with E-state index in [1.807, 2.05) is 65.0 Å². The summed E-state index contributed by atoms with van der Waals surface area (Å²) < 4.78 is 12.1. The molecule has 7 atom stereocenters. The molecule has 1 spiro atoms. The summed E-state index contributed by atoms with van der Waals surface area (Å²) in [4.78, 5) is 58.7. The van der Waals surface area contributed by atoms with Crippen LogP contribution in [0.15, 0.2) is 55.6 Å². The number of fused-ring (bicyclic) bond motifs is 1. The minimum Gasteiger partial charge on any atom is -0.463 e. The fraction of sp³-hybridized carbons (Fsp3) is 0.600.